The summed E-state index contributed by atoms with van der Waals surface area (Å²) in [6.45, 7) is 6.44. The first kappa shape index (κ1) is 11.5. The molecule has 1 aromatic rings. The monoisotopic (exact) mass is 211 g/mol. The lowest BCUT2D eigenvalue weighted by atomic mass is 9.95. The summed E-state index contributed by atoms with van der Waals surface area (Å²) in [5, 5.41) is 0.768. The zero-order valence-corrected chi connectivity index (χ0v) is 9.81. The number of hydrogen-bond donors (Lipinski definition) is 1. The van der Waals surface area contributed by atoms with Crippen molar-refractivity contribution in [1.29, 1.82) is 0 Å². The van der Waals surface area contributed by atoms with Crippen LogP contribution >= 0.6 is 11.6 Å². The zero-order valence-electron chi connectivity index (χ0n) is 9.05. The molecule has 0 saturated heterocycles. The molecule has 1 rings (SSSR count). The molecule has 0 fully saturated rings. The average Bonchev–Trinajstić information content (AvgIpc) is 2.08. The Bertz CT molecular complexity index is 307. The molecule has 0 aliphatic carbocycles. The van der Waals surface area contributed by atoms with Crippen LogP contribution in [-0.4, -0.2) is 0 Å². The Kier molecular flexibility index (Phi) is 3.97. The van der Waals surface area contributed by atoms with Crippen molar-refractivity contribution < 1.29 is 0 Å². The molecule has 0 aliphatic rings. The Morgan fingerprint density at radius 3 is 2.57 bits per heavy atom. The van der Waals surface area contributed by atoms with Gasteiger partial charge >= 0.3 is 0 Å². The summed E-state index contributed by atoms with van der Waals surface area (Å²) in [6, 6.07) is 6.01. The molecule has 1 unspecified atom stereocenters. The highest BCUT2D eigenvalue weighted by atomic mass is 35.5. The van der Waals surface area contributed by atoms with Crippen molar-refractivity contribution in [3.05, 3.63) is 34.3 Å². The number of nitrogens with two attached hydrogens (primary N) is 1. The van der Waals surface area contributed by atoms with Gasteiger partial charge < -0.3 is 5.73 Å². The second-order valence-corrected chi connectivity index (χ2v) is 4.67. The van der Waals surface area contributed by atoms with Crippen molar-refractivity contribution in [1.82, 2.24) is 0 Å². The van der Waals surface area contributed by atoms with Gasteiger partial charge in [0, 0.05) is 11.1 Å². The minimum Gasteiger partial charge on any atom is -0.324 e. The first-order valence-corrected chi connectivity index (χ1v) is 5.40. The Morgan fingerprint density at radius 2 is 2.00 bits per heavy atom. The summed E-state index contributed by atoms with van der Waals surface area (Å²) >= 11 is 5.94. The summed E-state index contributed by atoms with van der Waals surface area (Å²) in [5.41, 5.74) is 8.50. The normalized spacial score (nSPS) is 13.3. The molecule has 0 aliphatic heterocycles. The van der Waals surface area contributed by atoms with Gasteiger partial charge in [-0.25, -0.2) is 0 Å². The van der Waals surface area contributed by atoms with E-state index in [2.05, 4.69) is 20.8 Å². The minimum atomic E-state index is 0.105. The van der Waals surface area contributed by atoms with Crippen LogP contribution in [0.2, 0.25) is 5.02 Å². The second-order valence-electron chi connectivity index (χ2n) is 4.24. The van der Waals surface area contributed by atoms with Crippen LogP contribution in [0.25, 0.3) is 0 Å². The van der Waals surface area contributed by atoms with Crippen LogP contribution in [0.1, 0.15) is 37.4 Å². The molecular weight excluding hydrogens is 194 g/mol. The smallest absolute Gasteiger partial charge is 0.0409 e. The fourth-order valence-electron chi connectivity index (χ4n) is 1.65. The maximum atomic E-state index is 6.11. The first-order chi connectivity index (χ1) is 6.50. The minimum absolute atomic E-state index is 0.105. The lowest BCUT2D eigenvalue weighted by Gasteiger charge is -2.17. The van der Waals surface area contributed by atoms with Crippen LogP contribution in [0.4, 0.5) is 0 Å². The fraction of sp³-hybridized carbons (Fsp3) is 0.500. The van der Waals surface area contributed by atoms with Gasteiger partial charge in [0.05, 0.1) is 0 Å². The molecule has 0 heterocycles. The van der Waals surface area contributed by atoms with Crippen molar-refractivity contribution in [3.63, 3.8) is 0 Å². The van der Waals surface area contributed by atoms with Crippen molar-refractivity contribution in [2.45, 2.75) is 33.2 Å². The quantitative estimate of drug-likeness (QED) is 0.811. The average molecular weight is 212 g/mol. The molecule has 0 radical (unpaired) electrons. The van der Waals surface area contributed by atoms with Crippen molar-refractivity contribution in [2.75, 3.05) is 0 Å². The topological polar surface area (TPSA) is 26.0 Å². The Hall–Kier alpha value is -0.530. The molecule has 78 valence electrons. The lowest BCUT2D eigenvalue weighted by Crippen LogP contribution is -2.14. The van der Waals surface area contributed by atoms with Gasteiger partial charge in [-0.15, -0.1) is 0 Å². The molecule has 0 saturated carbocycles. The molecule has 0 bridgehead atoms. The number of aryl methyl sites for hydroxylation is 1. The van der Waals surface area contributed by atoms with Crippen molar-refractivity contribution >= 4 is 11.6 Å². The third-order valence-electron chi connectivity index (χ3n) is 2.37. The largest absolute Gasteiger partial charge is 0.324 e. The summed E-state index contributed by atoms with van der Waals surface area (Å²) < 4.78 is 0. The predicted octanol–water partition coefficient (Wildman–Crippen LogP) is 3.69. The maximum absolute atomic E-state index is 6.11. The van der Waals surface area contributed by atoms with Gasteiger partial charge in [0.25, 0.3) is 0 Å². The van der Waals surface area contributed by atoms with E-state index in [1.807, 2.05) is 18.2 Å². The Labute approximate surface area is 91.3 Å². The number of benzene rings is 1. The summed E-state index contributed by atoms with van der Waals surface area (Å²) in [5.74, 6) is 0.614. The van der Waals surface area contributed by atoms with Crippen LogP contribution in [0.15, 0.2) is 18.2 Å². The number of hydrogen-bond acceptors (Lipinski definition) is 1. The predicted molar refractivity (Wildman–Crippen MR) is 62.6 cm³/mol. The van der Waals surface area contributed by atoms with E-state index in [4.69, 9.17) is 17.3 Å². The summed E-state index contributed by atoms with van der Waals surface area (Å²) in [4.78, 5) is 0. The maximum Gasteiger partial charge on any atom is 0.0409 e. The van der Waals surface area contributed by atoms with Gasteiger partial charge in [-0.2, -0.15) is 0 Å². The van der Waals surface area contributed by atoms with E-state index < -0.39 is 0 Å². The molecule has 2 heteroatoms. The molecule has 0 aromatic heterocycles. The molecular formula is C12H18ClN. The Morgan fingerprint density at radius 1 is 1.36 bits per heavy atom. The molecule has 1 atom stereocenters. The molecule has 0 amide bonds. The standard InChI is InChI=1S/C12H18ClN/c1-8(2)6-12(14)11-7-10(13)5-4-9(11)3/h4-5,7-8,12H,6,14H2,1-3H3. The first-order valence-electron chi connectivity index (χ1n) is 5.02. The third-order valence-corrected chi connectivity index (χ3v) is 2.60. The highest BCUT2D eigenvalue weighted by Gasteiger charge is 2.10. The van der Waals surface area contributed by atoms with E-state index >= 15 is 0 Å². The summed E-state index contributed by atoms with van der Waals surface area (Å²) in [7, 11) is 0. The van der Waals surface area contributed by atoms with E-state index in [1.165, 1.54) is 11.1 Å². The summed E-state index contributed by atoms with van der Waals surface area (Å²) in [6.07, 6.45) is 1.00. The van der Waals surface area contributed by atoms with Crippen molar-refractivity contribution in [3.8, 4) is 0 Å². The SMILES string of the molecule is Cc1ccc(Cl)cc1C(N)CC(C)C. The molecule has 1 aromatic carbocycles. The molecule has 1 nitrogen and oxygen atoms in total. The molecule has 14 heavy (non-hydrogen) atoms. The van der Waals surface area contributed by atoms with Crippen LogP contribution in [0, 0.1) is 12.8 Å². The fourth-order valence-corrected chi connectivity index (χ4v) is 1.83. The number of rotatable bonds is 3. The second kappa shape index (κ2) is 4.81. The highest BCUT2D eigenvalue weighted by molar-refractivity contribution is 6.30. The van der Waals surface area contributed by atoms with Crippen LogP contribution in [-0.2, 0) is 0 Å². The van der Waals surface area contributed by atoms with Gasteiger partial charge in [0.2, 0.25) is 0 Å². The van der Waals surface area contributed by atoms with Gasteiger partial charge in [0.1, 0.15) is 0 Å². The Balaban J connectivity index is 2.88. The van der Waals surface area contributed by atoms with Crippen molar-refractivity contribution in [2.24, 2.45) is 11.7 Å². The number of halogens is 1. The van der Waals surface area contributed by atoms with Crippen LogP contribution in [0.5, 0.6) is 0 Å². The molecule has 0 spiro atoms. The van der Waals surface area contributed by atoms with E-state index in [1.54, 1.807) is 0 Å². The van der Waals surface area contributed by atoms with Crippen LogP contribution in [0.3, 0.4) is 0 Å². The zero-order chi connectivity index (χ0) is 10.7. The van der Waals surface area contributed by atoms with E-state index in [9.17, 15) is 0 Å². The third kappa shape index (κ3) is 3.00. The van der Waals surface area contributed by atoms with Gasteiger partial charge in [0.15, 0.2) is 0 Å². The van der Waals surface area contributed by atoms with E-state index in [0.29, 0.717) is 5.92 Å². The van der Waals surface area contributed by atoms with Gasteiger partial charge in [-0.05, 0) is 42.5 Å². The van der Waals surface area contributed by atoms with Crippen LogP contribution < -0.4 is 5.73 Å². The van der Waals surface area contributed by atoms with Gasteiger partial charge in [-0.3, -0.25) is 0 Å². The highest BCUT2D eigenvalue weighted by Crippen LogP contribution is 2.24. The van der Waals surface area contributed by atoms with E-state index in [-0.39, 0.29) is 6.04 Å². The lowest BCUT2D eigenvalue weighted by molar-refractivity contribution is 0.508. The van der Waals surface area contributed by atoms with E-state index in [0.717, 1.165) is 11.4 Å². The molecule has 2 N–H and O–H groups in total. The van der Waals surface area contributed by atoms with Gasteiger partial charge in [-0.1, -0.05) is 31.5 Å².